The fourth-order valence-corrected chi connectivity index (χ4v) is 2.20. The quantitative estimate of drug-likeness (QED) is 0.795. The van der Waals surface area contributed by atoms with Gasteiger partial charge in [0.15, 0.2) is 0 Å². The molecule has 1 N–H and O–H groups in total. The highest BCUT2D eigenvalue weighted by atomic mass is 79.9. The minimum absolute atomic E-state index is 0.439. The number of halogens is 1. The first-order chi connectivity index (χ1) is 9.72. The van der Waals surface area contributed by atoms with Crippen molar-refractivity contribution in [3.8, 4) is 11.5 Å². The number of rotatable bonds is 4. The van der Waals surface area contributed by atoms with Gasteiger partial charge in [-0.3, -0.25) is 4.68 Å². The molecule has 0 fully saturated rings. The number of aromatic nitrogens is 4. The molecule has 0 amide bonds. The number of hydrogen-bond donors (Lipinski definition) is 1. The molecule has 0 atom stereocenters. The van der Waals surface area contributed by atoms with E-state index in [2.05, 4.69) is 36.5 Å². The molecule has 0 aliphatic rings. The van der Waals surface area contributed by atoms with Crippen LogP contribution in [0.4, 0.5) is 5.82 Å². The van der Waals surface area contributed by atoms with Crippen LogP contribution in [-0.4, -0.2) is 20.0 Å². The van der Waals surface area contributed by atoms with E-state index in [4.69, 9.17) is 4.42 Å². The van der Waals surface area contributed by atoms with Crippen LogP contribution in [0.2, 0.25) is 0 Å². The maximum absolute atomic E-state index is 5.63. The average Bonchev–Trinajstić information content (AvgIpc) is 3.06. The minimum Gasteiger partial charge on any atom is -0.419 e. The Morgan fingerprint density at radius 1 is 1.25 bits per heavy atom. The summed E-state index contributed by atoms with van der Waals surface area (Å²) >= 11 is 3.46. The maximum Gasteiger partial charge on any atom is 0.248 e. The third-order valence-corrected chi connectivity index (χ3v) is 3.40. The maximum atomic E-state index is 5.63. The molecule has 0 radical (unpaired) electrons. The van der Waals surface area contributed by atoms with Gasteiger partial charge in [-0.1, -0.05) is 12.1 Å². The lowest BCUT2D eigenvalue weighted by Crippen LogP contribution is -2.01. The van der Waals surface area contributed by atoms with Crippen molar-refractivity contribution in [1.82, 2.24) is 20.0 Å². The molecule has 1 aromatic carbocycles. The van der Waals surface area contributed by atoms with Crippen molar-refractivity contribution >= 4 is 21.7 Å². The first-order valence-corrected chi connectivity index (χ1v) is 6.82. The second-order valence-electron chi connectivity index (χ2n) is 4.21. The molecule has 2 aromatic heterocycles. The highest BCUT2D eigenvalue weighted by Crippen LogP contribution is 2.26. The molecule has 0 bridgehead atoms. The summed E-state index contributed by atoms with van der Waals surface area (Å²) in [7, 11) is 1.86. The van der Waals surface area contributed by atoms with Crippen LogP contribution in [0.1, 0.15) is 5.89 Å². The lowest BCUT2D eigenvalue weighted by atomic mass is 10.2. The molecule has 0 aliphatic heterocycles. The Bertz CT molecular complexity index is 721. The van der Waals surface area contributed by atoms with E-state index < -0.39 is 0 Å². The lowest BCUT2D eigenvalue weighted by Gasteiger charge is -1.98. The van der Waals surface area contributed by atoms with Gasteiger partial charge in [0, 0.05) is 23.8 Å². The van der Waals surface area contributed by atoms with E-state index in [9.17, 15) is 0 Å². The number of anilines is 1. The van der Waals surface area contributed by atoms with Gasteiger partial charge in [-0.25, -0.2) is 0 Å². The van der Waals surface area contributed by atoms with Gasteiger partial charge in [0.1, 0.15) is 5.82 Å². The van der Waals surface area contributed by atoms with Crippen molar-refractivity contribution in [2.24, 2.45) is 7.05 Å². The van der Waals surface area contributed by atoms with Crippen LogP contribution >= 0.6 is 15.9 Å². The Hall–Kier alpha value is -2.15. The lowest BCUT2D eigenvalue weighted by molar-refractivity contribution is 0.514. The number of hydrogen-bond acceptors (Lipinski definition) is 5. The third-order valence-electron chi connectivity index (χ3n) is 2.71. The van der Waals surface area contributed by atoms with Crippen molar-refractivity contribution in [1.29, 1.82) is 0 Å². The van der Waals surface area contributed by atoms with Gasteiger partial charge in [-0.05, 0) is 28.1 Å². The Morgan fingerprint density at radius 3 is 2.85 bits per heavy atom. The van der Waals surface area contributed by atoms with Crippen molar-refractivity contribution in [2.45, 2.75) is 6.54 Å². The fraction of sp³-hybridized carbons (Fsp3) is 0.154. The highest BCUT2D eigenvalue weighted by Gasteiger charge is 2.11. The van der Waals surface area contributed by atoms with E-state index in [1.807, 2.05) is 43.6 Å². The van der Waals surface area contributed by atoms with Gasteiger partial charge < -0.3 is 9.73 Å². The molecule has 0 saturated carbocycles. The van der Waals surface area contributed by atoms with Crippen LogP contribution in [-0.2, 0) is 13.6 Å². The van der Waals surface area contributed by atoms with E-state index in [1.54, 1.807) is 4.68 Å². The predicted octanol–water partition coefficient (Wildman–Crippen LogP) is 2.84. The molecule has 0 saturated heterocycles. The van der Waals surface area contributed by atoms with E-state index in [0.717, 1.165) is 15.9 Å². The summed E-state index contributed by atoms with van der Waals surface area (Å²) in [6, 6.07) is 9.60. The van der Waals surface area contributed by atoms with E-state index in [0.29, 0.717) is 18.3 Å². The first kappa shape index (κ1) is 12.9. The van der Waals surface area contributed by atoms with Gasteiger partial charge >= 0.3 is 0 Å². The standard InChI is InChI=1S/C13H12BrN5O/c1-19-7-6-11(18-19)15-8-12-16-17-13(20-12)9-4-2-3-5-10(9)14/h2-7H,8H2,1H3,(H,15,18). The van der Waals surface area contributed by atoms with Crippen LogP contribution in [0.5, 0.6) is 0 Å². The number of aryl methyl sites for hydroxylation is 1. The number of benzene rings is 1. The van der Waals surface area contributed by atoms with E-state index in [-0.39, 0.29) is 0 Å². The molecule has 102 valence electrons. The van der Waals surface area contributed by atoms with Gasteiger partial charge in [0.05, 0.1) is 12.1 Å². The second-order valence-corrected chi connectivity index (χ2v) is 5.06. The zero-order chi connectivity index (χ0) is 13.9. The predicted molar refractivity (Wildman–Crippen MR) is 78.0 cm³/mol. The van der Waals surface area contributed by atoms with Gasteiger partial charge in [-0.2, -0.15) is 5.10 Å². The van der Waals surface area contributed by atoms with Crippen molar-refractivity contribution in [3.63, 3.8) is 0 Å². The van der Waals surface area contributed by atoms with Gasteiger partial charge in [0.25, 0.3) is 0 Å². The van der Waals surface area contributed by atoms with Crippen LogP contribution in [0, 0.1) is 0 Å². The first-order valence-electron chi connectivity index (χ1n) is 6.03. The van der Waals surface area contributed by atoms with Crippen LogP contribution in [0.15, 0.2) is 45.4 Å². The zero-order valence-corrected chi connectivity index (χ0v) is 12.3. The van der Waals surface area contributed by atoms with Crippen LogP contribution in [0.3, 0.4) is 0 Å². The second kappa shape index (κ2) is 5.46. The smallest absolute Gasteiger partial charge is 0.248 e. The number of nitrogens with one attached hydrogen (secondary N) is 1. The van der Waals surface area contributed by atoms with E-state index >= 15 is 0 Å². The normalized spacial score (nSPS) is 10.7. The van der Waals surface area contributed by atoms with Crippen molar-refractivity contribution < 1.29 is 4.42 Å². The molecular formula is C13H12BrN5O. The zero-order valence-electron chi connectivity index (χ0n) is 10.7. The summed E-state index contributed by atoms with van der Waals surface area (Å²) < 4.78 is 8.28. The molecule has 7 heteroatoms. The summed E-state index contributed by atoms with van der Waals surface area (Å²) in [4.78, 5) is 0. The molecule has 3 aromatic rings. The fourth-order valence-electron chi connectivity index (χ4n) is 1.74. The van der Waals surface area contributed by atoms with Crippen LogP contribution in [0.25, 0.3) is 11.5 Å². The largest absolute Gasteiger partial charge is 0.419 e. The summed E-state index contributed by atoms with van der Waals surface area (Å²) in [6.45, 7) is 0.439. The average molecular weight is 334 g/mol. The minimum atomic E-state index is 0.439. The number of nitrogens with zero attached hydrogens (tertiary/aromatic N) is 4. The molecule has 6 nitrogen and oxygen atoms in total. The van der Waals surface area contributed by atoms with Crippen LogP contribution < -0.4 is 5.32 Å². The molecule has 0 unspecified atom stereocenters. The van der Waals surface area contributed by atoms with E-state index in [1.165, 1.54) is 0 Å². The molecule has 3 rings (SSSR count). The molecule has 2 heterocycles. The summed E-state index contributed by atoms with van der Waals surface area (Å²) in [5.41, 5.74) is 0.879. The Balaban J connectivity index is 1.72. The Morgan fingerprint density at radius 2 is 2.10 bits per heavy atom. The monoisotopic (exact) mass is 333 g/mol. The summed E-state index contributed by atoms with van der Waals surface area (Å²) in [5.74, 6) is 1.78. The molecular weight excluding hydrogens is 322 g/mol. The SMILES string of the molecule is Cn1ccc(NCc2nnc(-c3ccccc3Br)o2)n1. The third kappa shape index (κ3) is 2.72. The molecule has 0 spiro atoms. The van der Waals surface area contributed by atoms with Crippen molar-refractivity contribution in [3.05, 3.63) is 46.9 Å². The van der Waals surface area contributed by atoms with Gasteiger partial charge in [0.2, 0.25) is 11.8 Å². The van der Waals surface area contributed by atoms with Gasteiger partial charge in [-0.15, -0.1) is 10.2 Å². The summed E-state index contributed by atoms with van der Waals surface area (Å²) in [5, 5.41) is 15.4. The topological polar surface area (TPSA) is 68.8 Å². The summed E-state index contributed by atoms with van der Waals surface area (Å²) in [6.07, 6.45) is 1.86. The van der Waals surface area contributed by atoms with Crippen molar-refractivity contribution in [2.75, 3.05) is 5.32 Å². The molecule has 0 aliphatic carbocycles. The Kier molecular flexibility index (Phi) is 3.51. The Labute approximate surface area is 124 Å². The molecule has 20 heavy (non-hydrogen) atoms. The highest BCUT2D eigenvalue weighted by molar-refractivity contribution is 9.10.